The zero-order chi connectivity index (χ0) is 15.1. The van der Waals surface area contributed by atoms with Gasteiger partial charge < -0.3 is 15.8 Å². The van der Waals surface area contributed by atoms with Gasteiger partial charge in [-0.3, -0.25) is 4.79 Å². The summed E-state index contributed by atoms with van der Waals surface area (Å²) in [4.78, 5) is 23.6. The van der Waals surface area contributed by atoms with Crippen molar-refractivity contribution in [2.75, 3.05) is 12.3 Å². The van der Waals surface area contributed by atoms with Crippen molar-refractivity contribution in [2.45, 2.75) is 32.8 Å². The van der Waals surface area contributed by atoms with Crippen molar-refractivity contribution in [1.82, 2.24) is 5.32 Å². The van der Waals surface area contributed by atoms with Crippen molar-refractivity contribution in [3.8, 4) is 0 Å². The Morgan fingerprint density at radius 3 is 2.70 bits per heavy atom. The standard InChI is InChI=1S/C14H19ClN2O3/c1-3-4-5-17-13(18)9(2)20-14(19)10-6-11(15)8-12(16)7-10/h6-9H,3-5,16H2,1-2H3,(H,17,18). The van der Waals surface area contributed by atoms with E-state index in [0.29, 0.717) is 17.3 Å². The second-order valence-electron chi connectivity index (χ2n) is 4.47. The lowest BCUT2D eigenvalue weighted by Crippen LogP contribution is -2.36. The Hall–Kier alpha value is -1.75. The van der Waals surface area contributed by atoms with Crippen LogP contribution in [0.3, 0.4) is 0 Å². The maximum Gasteiger partial charge on any atom is 0.339 e. The fourth-order valence-corrected chi connectivity index (χ4v) is 1.79. The van der Waals surface area contributed by atoms with Crippen molar-refractivity contribution >= 4 is 29.2 Å². The molecular formula is C14H19ClN2O3. The van der Waals surface area contributed by atoms with E-state index < -0.39 is 12.1 Å². The first-order valence-corrected chi connectivity index (χ1v) is 6.86. The number of ether oxygens (including phenoxy) is 1. The van der Waals surface area contributed by atoms with Gasteiger partial charge in [-0.15, -0.1) is 0 Å². The molecule has 0 heterocycles. The van der Waals surface area contributed by atoms with Crippen molar-refractivity contribution in [1.29, 1.82) is 0 Å². The smallest absolute Gasteiger partial charge is 0.339 e. The lowest BCUT2D eigenvalue weighted by molar-refractivity contribution is -0.129. The summed E-state index contributed by atoms with van der Waals surface area (Å²) in [6, 6.07) is 4.43. The van der Waals surface area contributed by atoms with E-state index in [9.17, 15) is 9.59 Å². The molecule has 1 amide bonds. The molecule has 0 saturated carbocycles. The number of benzene rings is 1. The summed E-state index contributed by atoms with van der Waals surface area (Å²) in [5, 5.41) is 3.04. The number of nitrogens with two attached hydrogens (primary N) is 1. The highest BCUT2D eigenvalue weighted by molar-refractivity contribution is 6.31. The van der Waals surface area contributed by atoms with Crippen LogP contribution in [0.15, 0.2) is 18.2 Å². The van der Waals surface area contributed by atoms with Gasteiger partial charge in [0.2, 0.25) is 0 Å². The largest absolute Gasteiger partial charge is 0.449 e. The Morgan fingerprint density at radius 2 is 2.10 bits per heavy atom. The van der Waals surface area contributed by atoms with E-state index in [4.69, 9.17) is 22.1 Å². The molecule has 0 aromatic heterocycles. The van der Waals surface area contributed by atoms with Gasteiger partial charge in [-0.1, -0.05) is 24.9 Å². The van der Waals surface area contributed by atoms with E-state index in [1.165, 1.54) is 25.1 Å². The molecule has 110 valence electrons. The van der Waals surface area contributed by atoms with E-state index in [1.54, 1.807) is 0 Å². The van der Waals surface area contributed by atoms with E-state index in [-0.39, 0.29) is 11.5 Å². The van der Waals surface area contributed by atoms with Crippen molar-refractivity contribution in [2.24, 2.45) is 0 Å². The molecule has 20 heavy (non-hydrogen) atoms. The summed E-state index contributed by atoms with van der Waals surface area (Å²) in [6.45, 7) is 4.12. The lowest BCUT2D eigenvalue weighted by Gasteiger charge is -2.13. The second kappa shape index (κ2) is 7.75. The summed E-state index contributed by atoms with van der Waals surface area (Å²) in [5.74, 6) is -0.945. The Labute approximate surface area is 123 Å². The number of anilines is 1. The first-order valence-electron chi connectivity index (χ1n) is 6.48. The molecular weight excluding hydrogens is 280 g/mol. The van der Waals surface area contributed by atoms with Gasteiger partial charge in [-0.05, 0) is 31.5 Å². The Balaban J connectivity index is 2.58. The minimum Gasteiger partial charge on any atom is -0.449 e. The van der Waals surface area contributed by atoms with Crippen LogP contribution in [0.2, 0.25) is 5.02 Å². The predicted octanol–water partition coefficient (Wildman–Crippen LogP) is 2.38. The molecule has 0 aliphatic rings. The van der Waals surface area contributed by atoms with Gasteiger partial charge in [0, 0.05) is 17.3 Å². The molecule has 1 aromatic carbocycles. The van der Waals surface area contributed by atoms with Crippen molar-refractivity contribution in [3.05, 3.63) is 28.8 Å². The Kier molecular flexibility index (Phi) is 6.31. The van der Waals surface area contributed by atoms with Crippen LogP contribution in [0, 0.1) is 0 Å². The highest BCUT2D eigenvalue weighted by Gasteiger charge is 2.18. The van der Waals surface area contributed by atoms with Crippen LogP contribution >= 0.6 is 11.6 Å². The van der Waals surface area contributed by atoms with Gasteiger partial charge in [-0.25, -0.2) is 4.79 Å². The van der Waals surface area contributed by atoms with Gasteiger partial charge in [0.05, 0.1) is 5.56 Å². The summed E-state index contributed by atoms with van der Waals surface area (Å²) in [5.41, 5.74) is 6.19. The molecule has 0 aliphatic heterocycles. The topological polar surface area (TPSA) is 81.4 Å². The van der Waals surface area contributed by atoms with Crippen LogP contribution in [-0.2, 0) is 9.53 Å². The molecule has 6 heteroatoms. The minimum absolute atomic E-state index is 0.225. The maximum absolute atomic E-state index is 11.9. The van der Waals surface area contributed by atoms with Crippen LogP contribution in [0.25, 0.3) is 0 Å². The maximum atomic E-state index is 11.9. The van der Waals surface area contributed by atoms with Gasteiger partial charge >= 0.3 is 5.97 Å². The summed E-state index contributed by atoms with van der Waals surface area (Å²) in [6.07, 6.45) is 1.01. The van der Waals surface area contributed by atoms with Crippen molar-refractivity contribution in [3.63, 3.8) is 0 Å². The number of amides is 1. The average molecular weight is 299 g/mol. The zero-order valence-corrected chi connectivity index (χ0v) is 12.4. The van der Waals surface area contributed by atoms with E-state index >= 15 is 0 Å². The molecule has 0 spiro atoms. The first kappa shape index (κ1) is 16.3. The number of nitrogens with one attached hydrogen (secondary N) is 1. The molecule has 0 radical (unpaired) electrons. The monoisotopic (exact) mass is 298 g/mol. The molecule has 1 atom stereocenters. The highest BCUT2D eigenvalue weighted by atomic mass is 35.5. The number of hydrogen-bond donors (Lipinski definition) is 2. The predicted molar refractivity (Wildman–Crippen MR) is 78.7 cm³/mol. The SMILES string of the molecule is CCCCNC(=O)C(C)OC(=O)c1cc(N)cc(Cl)c1. The molecule has 1 aromatic rings. The number of carbonyl (C=O) groups excluding carboxylic acids is 2. The minimum atomic E-state index is -0.862. The van der Waals surface area contributed by atoms with Gasteiger partial charge in [0.15, 0.2) is 6.10 Å². The normalized spacial score (nSPS) is 11.8. The fraction of sp³-hybridized carbons (Fsp3) is 0.429. The molecule has 0 aliphatic carbocycles. The molecule has 5 nitrogen and oxygen atoms in total. The van der Waals surface area contributed by atoms with Crippen LogP contribution in [-0.4, -0.2) is 24.5 Å². The molecule has 0 bridgehead atoms. The number of carbonyl (C=O) groups is 2. The van der Waals surface area contributed by atoms with Gasteiger partial charge in [-0.2, -0.15) is 0 Å². The van der Waals surface area contributed by atoms with Gasteiger partial charge in [0.1, 0.15) is 0 Å². The van der Waals surface area contributed by atoms with Gasteiger partial charge in [0.25, 0.3) is 5.91 Å². The summed E-state index contributed by atoms with van der Waals surface area (Å²) in [7, 11) is 0. The van der Waals surface area contributed by atoms with E-state index in [2.05, 4.69) is 5.32 Å². The number of unbranched alkanes of at least 4 members (excludes halogenated alkanes) is 1. The molecule has 0 fully saturated rings. The van der Waals surface area contributed by atoms with E-state index in [0.717, 1.165) is 12.8 Å². The van der Waals surface area contributed by atoms with Crippen molar-refractivity contribution < 1.29 is 14.3 Å². The molecule has 3 N–H and O–H groups in total. The third-order valence-corrected chi connectivity index (χ3v) is 2.86. The highest BCUT2D eigenvalue weighted by Crippen LogP contribution is 2.17. The molecule has 1 unspecified atom stereocenters. The molecule has 0 saturated heterocycles. The third kappa shape index (κ3) is 5.09. The number of rotatable bonds is 6. The number of esters is 1. The molecule has 1 rings (SSSR count). The van der Waals surface area contributed by atoms with Crippen LogP contribution in [0.1, 0.15) is 37.0 Å². The first-order chi connectivity index (χ1) is 9.43. The quantitative estimate of drug-likeness (QED) is 0.480. The van der Waals surface area contributed by atoms with E-state index in [1.807, 2.05) is 6.92 Å². The fourth-order valence-electron chi connectivity index (χ4n) is 1.54. The number of halogens is 1. The second-order valence-corrected chi connectivity index (χ2v) is 4.90. The zero-order valence-electron chi connectivity index (χ0n) is 11.6. The average Bonchev–Trinajstić information content (AvgIpc) is 2.37. The Morgan fingerprint density at radius 1 is 1.40 bits per heavy atom. The summed E-state index contributed by atoms with van der Waals surface area (Å²) >= 11 is 5.81. The number of nitrogen functional groups attached to an aromatic ring is 1. The van der Waals surface area contributed by atoms with Crippen LogP contribution < -0.4 is 11.1 Å². The summed E-state index contributed by atoms with van der Waals surface area (Å²) < 4.78 is 5.07. The van der Waals surface area contributed by atoms with Crippen LogP contribution in [0.5, 0.6) is 0 Å². The van der Waals surface area contributed by atoms with Crippen LogP contribution in [0.4, 0.5) is 5.69 Å². The Bertz CT molecular complexity index is 471. The lowest BCUT2D eigenvalue weighted by atomic mass is 10.2. The number of hydrogen-bond acceptors (Lipinski definition) is 4. The third-order valence-electron chi connectivity index (χ3n) is 2.64.